The fourth-order valence-corrected chi connectivity index (χ4v) is 2.66. The minimum atomic E-state index is -0.754. The number of carbonyl (C=O) groups is 2. The Morgan fingerprint density at radius 2 is 1.93 bits per heavy atom. The molecule has 1 aromatic heterocycles. The van der Waals surface area contributed by atoms with Crippen molar-refractivity contribution in [2.75, 3.05) is 11.9 Å². The molecule has 0 aliphatic rings. The second kappa shape index (κ2) is 9.57. The van der Waals surface area contributed by atoms with Crippen LogP contribution in [0.15, 0.2) is 67.0 Å². The summed E-state index contributed by atoms with van der Waals surface area (Å²) >= 11 is 5.90. The number of hydrogen-bond acceptors (Lipinski definition) is 4. The zero-order chi connectivity index (χ0) is 19.8. The first-order valence-electron chi connectivity index (χ1n) is 8.64. The number of benzene rings is 2. The molecule has 0 spiro atoms. The Balaban J connectivity index is 1.48. The monoisotopic (exact) mass is 398 g/mol. The van der Waals surface area contributed by atoms with E-state index in [1.165, 1.54) is 0 Å². The molecule has 3 rings (SSSR count). The topological polar surface area (TPSA) is 85.3 Å². The number of aromatic nitrogens is 2. The number of carbonyl (C=O) groups excluding carboxylic acids is 2. The van der Waals surface area contributed by atoms with E-state index in [0.717, 1.165) is 5.56 Å². The van der Waals surface area contributed by atoms with Gasteiger partial charge in [-0.25, -0.2) is 0 Å². The molecule has 0 radical (unpaired) electrons. The minimum Gasteiger partial charge on any atom is -0.492 e. The molecule has 0 bridgehead atoms. The first-order valence-corrected chi connectivity index (χ1v) is 9.02. The first-order chi connectivity index (χ1) is 13.6. The molecule has 28 heavy (non-hydrogen) atoms. The number of nitrogens with one attached hydrogen (secondary N) is 2. The third-order valence-electron chi connectivity index (χ3n) is 3.79. The Bertz CT molecular complexity index is 944. The summed E-state index contributed by atoms with van der Waals surface area (Å²) in [6.45, 7) is 1.25. The molecule has 0 atom stereocenters. The number of ether oxygens (including phenoxy) is 1. The molecule has 0 fully saturated rings. The summed E-state index contributed by atoms with van der Waals surface area (Å²) in [4.78, 5) is 24.1. The smallest absolute Gasteiger partial charge is 0.313 e. The van der Waals surface area contributed by atoms with E-state index in [4.69, 9.17) is 16.3 Å². The van der Waals surface area contributed by atoms with Gasteiger partial charge in [0, 0.05) is 35.7 Å². The molecule has 2 N–H and O–H groups in total. The Hall–Kier alpha value is -3.32. The summed E-state index contributed by atoms with van der Waals surface area (Å²) < 4.78 is 7.41. The SMILES string of the molecule is O=C(NCc1cccc(Cl)c1)C(=O)Nc1cccc(OCCn2cccn2)c1. The van der Waals surface area contributed by atoms with Crippen molar-refractivity contribution in [3.63, 3.8) is 0 Å². The molecule has 7 nitrogen and oxygen atoms in total. The van der Waals surface area contributed by atoms with Crippen molar-refractivity contribution in [1.82, 2.24) is 15.1 Å². The van der Waals surface area contributed by atoms with Gasteiger partial charge in [0.15, 0.2) is 0 Å². The predicted octanol–water partition coefficient (Wildman–Crippen LogP) is 2.87. The number of rotatable bonds is 7. The second-order valence-electron chi connectivity index (χ2n) is 5.91. The van der Waals surface area contributed by atoms with Crippen LogP contribution >= 0.6 is 11.6 Å². The van der Waals surface area contributed by atoms with E-state index < -0.39 is 11.8 Å². The maximum Gasteiger partial charge on any atom is 0.313 e. The van der Waals surface area contributed by atoms with E-state index in [0.29, 0.717) is 29.6 Å². The molecule has 0 saturated carbocycles. The van der Waals surface area contributed by atoms with Gasteiger partial charge in [-0.1, -0.05) is 29.8 Å². The van der Waals surface area contributed by atoms with Crippen LogP contribution in [-0.4, -0.2) is 28.2 Å². The van der Waals surface area contributed by atoms with Crippen molar-refractivity contribution >= 4 is 29.1 Å². The number of hydrogen-bond donors (Lipinski definition) is 2. The Morgan fingerprint density at radius 3 is 2.71 bits per heavy atom. The van der Waals surface area contributed by atoms with E-state index in [1.807, 2.05) is 18.3 Å². The molecule has 144 valence electrons. The second-order valence-corrected chi connectivity index (χ2v) is 6.35. The lowest BCUT2D eigenvalue weighted by atomic mass is 10.2. The summed E-state index contributed by atoms with van der Waals surface area (Å²) in [7, 11) is 0. The minimum absolute atomic E-state index is 0.212. The molecule has 2 amide bonds. The quantitative estimate of drug-likeness (QED) is 0.599. The van der Waals surface area contributed by atoms with E-state index in [-0.39, 0.29) is 6.54 Å². The Labute approximate surface area is 167 Å². The van der Waals surface area contributed by atoms with Crippen LogP contribution in [0.4, 0.5) is 5.69 Å². The van der Waals surface area contributed by atoms with E-state index in [9.17, 15) is 9.59 Å². The molecule has 2 aromatic carbocycles. The van der Waals surface area contributed by atoms with Gasteiger partial charge in [0.25, 0.3) is 0 Å². The third kappa shape index (κ3) is 5.85. The van der Waals surface area contributed by atoms with Crippen molar-refractivity contribution < 1.29 is 14.3 Å². The lowest BCUT2D eigenvalue weighted by Gasteiger charge is -2.10. The van der Waals surface area contributed by atoms with E-state index in [2.05, 4.69) is 15.7 Å². The van der Waals surface area contributed by atoms with Gasteiger partial charge in [-0.15, -0.1) is 0 Å². The zero-order valence-electron chi connectivity index (χ0n) is 15.0. The van der Waals surface area contributed by atoms with E-state index in [1.54, 1.807) is 53.3 Å². The molecule has 0 aliphatic heterocycles. The normalized spacial score (nSPS) is 10.3. The summed E-state index contributed by atoms with van der Waals surface area (Å²) in [5.41, 5.74) is 1.28. The van der Waals surface area contributed by atoms with Gasteiger partial charge < -0.3 is 15.4 Å². The highest BCUT2D eigenvalue weighted by molar-refractivity contribution is 6.39. The largest absolute Gasteiger partial charge is 0.492 e. The zero-order valence-corrected chi connectivity index (χ0v) is 15.7. The molecular formula is C20H19ClN4O3. The highest BCUT2D eigenvalue weighted by atomic mass is 35.5. The highest BCUT2D eigenvalue weighted by Crippen LogP contribution is 2.17. The molecule has 3 aromatic rings. The van der Waals surface area contributed by atoms with Crippen LogP contribution in [0, 0.1) is 0 Å². The van der Waals surface area contributed by atoms with Crippen LogP contribution in [0.2, 0.25) is 5.02 Å². The fourth-order valence-electron chi connectivity index (χ4n) is 2.45. The standard InChI is InChI=1S/C20H19ClN4O3/c21-16-5-1-4-15(12-16)14-22-19(26)20(27)24-17-6-2-7-18(13-17)28-11-10-25-9-3-8-23-25/h1-9,12-13H,10-11,14H2,(H,22,26)(H,24,27). The number of anilines is 1. The van der Waals surface area contributed by atoms with Gasteiger partial charge in [0.1, 0.15) is 12.4 Å². The molecule has 0 unspecified atom stereocenters. The average Bonchev–Trinajstić information content (AvgIpc) is 3.20. The summed E-state index contributed by atoms with van der Waals surface area (Å²) in [5, 5.41) is 9.78. The summed E-state index contributed by atoms with van der Waals surface area (Å²) in [5.74, 6) is -0.898. The molecule has 0 saturated heterocycles. The lowest BCUT2D eigenvalue weighted by Crippen LogP contribution is -2.34. The molecule has 0 aliphatic carbocycles. The molecular weight excluding hydrogens is 380 g/mol. The number of nitrogens with zero attached hydrogens (tertiary/aromatic N) is 2. The van der Waals surface area contributed by atoms with Crippen molar-refractivity contribution in [2.45, 2.75) is 13.1 Å². The van der Waals surface area contributed by atoms with Crippen LogP contribution in [0.1, 0.15) is 5.56 Å². The van der Waals surface area contributed by atoms with Crippen molar-refractivity contribution in [2.24, 2.45) is 0 Å². The Morgan fingerprint density at radius 1 is 1.07 bits per heavy atom. The van der Waals surface area contributed by atoms with Crippen molar-refractivity contribution in [3.05, 3.63) is 77.6 Å². The average molecular weight is 399 g/mol. The predicted molar refractivity (Wildman–Crippen MR) is 106 cm³/mol. The first kappa shape index (κ1) is 19.4. The van der Waals surface area contributed by atoms with Gasteiger partial charge in [-0.05, 0) is 35.9 Å². The van der Waals surface area contributed by atoms with Gasteiger partial charge in [-0.2, -0.15) is 5.10 Å². The summed E-state index contributed by atoms with van der Waals surface area (Å²) in [6, 6.07) is 15.8. The molecule has 1 heterocycles. The van der Waals surface area contributed by atoms with Crippen LogP contribution in [-0.2, 0) is 22.7 Å². The maximum absolute atomic E-state index is 12.1. The molecule has 8 heteroatoms. The van der Waals surface area contributed by atoms with E-state index >= 15 is 0 Å². The van der Waals surface area contributed by atoms with Gasteiger partial charge >= 0.3 is 11.8 Å². The van der Waals surface area contributed by atoms with Gasteiger partial charge in [0.05, 0.1) is 6.54 Å². The van der Waals surface area contributed by atoms with Crippen LogP contribution in [0.3, 0.4) is 0 Å². The summed E-state index contributed by atoms with van der Waals surface area (Å²) in [6.07, 6.45) is 3.55. The van der Waals surface area contributed by atoms with Gasteiger partial charge in [-0.3, -0.25) is 14.3 Å². The number of halogens is 1. The van der Waals surface area contributed by atoms with Crippen LogP contribution < -0.4 is 15.4 Å². The van der Waals surface area contributed by atoms with Gasteiger partial charge in [0.2, 0.25) is 0 Å². The third-order valence-corrected chi connectivity index (χ3v) is 4.02. The fraction of sp³-hybridized carbons (Fsp3) is 0.150. The highest BCUT2D eigenvalue weighted by Gasteiger charge is 2.13. The Kier molecular flexibility index (Phi) is 6.64. The lowest BCUT2D eigenvalue weighted by molar-refractivity contribution is -0.136. The van der Waals surface area contributed by atoms with Crippen molar-refractivity contribution in [1.29, 1.82) is 0 Å². The van der Waals surface area contributed by atoms with Crippen LogP contribution in [0.25, 0.3) is 0 Å². The maximum atomic E-state index is 12.1. The van der Waals surface area contributed by atoms with Crippen molar-refractivity contribution in [3.8, 4) is 5.75 Å². The van der Waals surface area contributed by atoms with Crippen LogP contribution in [0.5, 0.6) is 5.75 Å². The number of amides is 2.